The summed E-state index contributed by atoms with van der Waals surface area (Å²) in [4.78, 5) is 26.2. The van der Waals surface area contributed by atoms with Crippen molar-refractivity contribution >= 4 is 33.4 Å². The maximum atomic E-state index is 13.2. The monoisotopic (exact) mass is 492 g/mol. The lowest BCUT2D eigenvalue weighted by molar-refractivity contribution is -0.130. The highest BCUT2D eigenvalue weighted by atomic mass is 32.1. The number of methoxy groups -OCH3 is 2. The van der Waals surface area contributed by atoms with Crippen LogP contribution in [0.4, 0.5) is 0 Å². The molecule has 0 bridgehead atoms. The van der Waals surface area contributed by atoms with E-state index >= 15 is 0 Å². The van der Waals surface area contributed by atoms with E-state index in [9.17, 15) is 9.59 Å². The van der Waals surface area contributed by atoms with Crippen LogP contribution in [0.2, 0.25) is 0 Å². The van der Waals surface area contributed by atoms with Crippen LogP contribution in [0.3, 0.4) is 0 Å². The molecule has 1 amide bonds. The van der Waals surface area contributed by atoms with Crippen molar-refractivity contribution in [3.05, 3.63) is 82.4 Å². The number of rotatable bonds is 9. The lowest BCUT2D eigenvalue weighted by Gasteiger charge is -2.19. The SMILES string of the molecule is COc1ccc(CCNC(=O)[C@@H](OC(=O)c2cc3sccc3n2C)c2ccc(C)cc2)cc1OC. The van der Waals surface area contributed by atoms with Gasteiger partial charge in [0.25, 0.3) is 5.91 Å². The minimum atomic E-state index is -1.07. The number of esters is 1. The van der Waals surface area contributed by atoms with Crippen LogP contribution in [0.15, 0.2) is 60.0 Å². The lowest BCUT2D eigenvalue weighted by atomic mass is 10.1. The Morgan fingerprint density at radius 2 is 1.74 bits per heavy atom. The van der Waals surface area contributed by atoms with Gasteiger partial charge in [-0.05, 0) is 48.6 Å². The molecule has 0 fully saturated rings. The first-order chi connectivity index (χ1) is 16.9. The molecule has 2 aromatic heterocycles. The summed E-state index contributed by atoms with van der Waals surface area (Å²) in [6.07, 6.45) is -0.490. The van der Waals surface area contributed by atoms with Crippen LogP contribution in [-0.4, -0.2) is 37.2 Å². The normalized spacial score (nSPS) is 11.8. The Bertz CT molecular complexity index is 1340. The number of nitrogens with zero attached hydrogens (tertiary/aromatic N) is 1. The molecular weight excluding hydrogens is 464 g/mol. The number of aromatic nitrogens is 1. The summed E-state index contributed by atoms with van der Waals surface area (Å²) in [7, 11) is 4.99. The van der Waals surface area contributed by atoms with Gasteiger partial charge in [-0.2, -0.15) is 0 Å². The van der Waals surface area contributed by atoms with Gasteiger partial charge in [-0.3, -0.25) is 4.79 Å². The van der Waals surface area contributed by atoms with Crippen molar-refractivity contribution in [1.82, 2.24) is 9.88 Å². The fraction of sp³-hybridized carbons (Fsp3) is 0.259. The number of hydrogen-bond acceptors (Lipinski definition) is 6. The highest BCUT2D eigenvalue weighted by Gasteiger charge is 2.27. The van der Waals surface area contributed by atoms with Crippen LogP contribution in [0.1, 0.15) is 33.3 Å². The standard InChI is InChI=1S/C27H28N2O5S/c1-17-5-8-19(9-6-17)25(34-27(31)21-16-24-20(29(21)2)12-14-35-24)26(30)28-13-11-18-7-10-22(32-3)23(15-18)33-4/h5-10,12,14-16,25H,11,13H2,1-4H3,(H,28,30)/t25-/m0/s1. The highest BCUT2D eigenvalue weighted by molar-refractivity contribution is 7.17. The summed E-state index contributed by atoms with van der Waals surface area (Å²) in [6.45, 7) is 2.33. The van der Waals surface area contributed by atoms with Crippen molar-refractivity contribution < 1.29 is 23.8 Å². The van der Waals surface area contributed by atoms with Crippen molar-refractivity contribution in [3.63, 3.8) is 0 Å². The van der Waals surface area contributed by atoms with E-state index < -0.39 is 12.1 Å². The van der Waals surface area contributed by atoms with Crippen molar-refractivity contribution in [3.8, 4) is 11.5 Å². The second-order valence-electron chi connectivity index (χ2n) is 8.19. The van der Waals surface area contributed by atoms with Crippen LogP contribution in [-0.2, 0) is 23.0 Å². The number of carbonyl (C=O) groups is 2. The van der Waals surface area contributed by atoms with Crippen LogP contribution >= 0.6 is 11.3 Å². The first kappa shape index (κ1) is 24.3. The Labute approximate surface area is 208 Å². The van der Waals surface area contributed by atoms with E-state index in [2.05, 4.69) is 5.32 Å². The van der Waals surface area contributed by atoms with Crippen LogP contribution < -0.4 is 14.8 Å². The van der Waals surface area contributed by atoms with Crippen LogP contribution in [0.5, 0.6) is 11.5 Å². The third-order valence-electron chi connectivity index (χ3n) is 5.88. The van der Waals surface area contributed by atoms with E-state index in [1.807, 2.05) is 67.9 Å². The van der Waals surface area contributed by atoms with Gasteiger partial charge in [0.1, 0.15) is 5.69 Å². The summed E-state index contributed by atoms with van der Waals surface area (Å²) in [5, 5.41) is 4.88. The molecular formula is C27H28N2O5S. The van der Waals surface area contributed by atoms with Gasteiger partial charge >= 0.3 is 5.97 Å². The molecule has 8 heteroatoms. The number of hydrogen-bond donors (Lipinski definition) is 1. The summed E-state index contributed by atoms with van der Waals surface area (Å²) >= 11 is 1.55. The largest absolute Gasteiger partial charge is 0.493 e. The van der Waals surface area contributed by atoms with Crippen molar-refractivity contribution in [1.29, 1.82) is 0 Å². The molecule has 2 heterocycles. The van der Waals surface area contributed by atoms with Crippen molar-refractivity contribution in [2.24, 2.45) is 7.05 Å². The Morgan fingerprint density at radius 1 is 1.00 bits per heavy atom. The average molecular weight is 493 g/mol. The molecule has 0 saturated carbocycles. The molecule has 35 heavy (non-hydrogen) atoms. The molecule has 1 atom stereocenters. The number of ether oxygens (including phenoxy) is 3. The fourth-order valence-corrected chi connectivity index (χ4v) is 4.74. The first-order valence-corrected chi connectivity index (χ1v) is 12.1. The van der Waals surface area contributed by atoms with E-state index in [4.69, 9.17) is 14.2 Å². The molecule has 0 spiro atoms. The van der Waals surface area contributed by atoms with Gasteiger partial charge < -0.3 is 24.1 Å². The predicted molar refractivity (Wildman–Crippen MR) is 136 cm³/mol. The Morgan fingerprint density at radius 3 is 2.43 bits per heavy atom. The molecule has 4 aromatic rings. The predicted octanol–water partition coefficient (Wildman–Crippen LogP) is 4.82. The smallest absolute Gasteiger partial charge is 0.356 e. The van der Waals surface area contributed by atoms with E-state index in [-0.39, 0.29) is 5.91 Å². The first-order valence-electron chi connectivity index (χ1n) is 11.2. The van der Waals surface area contributed by atoms with E-state index in [1.54, 1.807) is 36.2 Å². The second kappa shape index (κ2) is 10.7. The van der Waals surface area contributed by atoms with Crippen LogP contribution in [0, 0.1) is 6.92 Å². The second-order valence-corrected chi connectivity index (χ2v) is 9.13. The molecule has 4 rings (SSSR count). The number of fused-ring (bicyclic) bond motifs is 1. The maximum Gasteiger partial charge on any atom is 0.356 e. The number of amides is 1. The molecule has 2 aromatic carbocycles. The molecule has 182 valence electrons. The summed E-state index contributed by atoms with van der Waals surface area (Å²) in [5.74, 6) is 0.354. The molecule has 0 radical (unpaired) electrons. The van der Waals surface area contributed by atoms with Gasteiger partial charge in [-0.25, -0.2) is 4.79 Å². The Balaban J connectivity index is 1.48. The topological polar surface area (TPSA) is 78.8 Å². The van der Waals surface area contributed by atoms with Gasteiger partial charge in [0, 0.05) is 19.2 Å². The van der Waals surface area contributed by atoms with Gasteiger partial charge in [0.15, 0.2) is 11.5 Å². The third kappa shape index (κ3) is 5.33. The number of benzene rings is 2. The number of aryl methyl sites for hydroxylation is 2. The lowest BCUT2D eigenvalue weighted by Crippen LogP contribution is -2.33. The fourth-order valence-electron chi connectivity index (χ4n) is 3.89. The molecule has 0 aliphatic rings. The van der Waals surface area contributed by atoms with Crippen molar-refractivity contribution in [2.75, 3.05) is 20.8 Å². The Kier molecular flexibility index (Phi) is 7.41. The maximum absolute atomic E-state index is 13.2. The molecule has 1 N–H and O–H groups in total. The highest BCUT2D eigenvalue weighted by Crippen LogP contribution is 2.28. The van der Waals surface area contributed by atoms with E-state index in [1.165, 1.54) is 0 Å². The minimum Gasteiger partial charge on any atom is -0.493 e. The van der Waals surface area contributed by atoms with Gasteiger partial charge in [0.2, 0.25) is 6.10 Å². The summed E-state index contributed by atoms with van der Waals surface area (Å²) in [6, 6.07) is 16.8. The zero-order chi connectivity index (χ0) is 24.9. The van der Waals surface area contributed by atoms with E-state index in [0.717, 1.165) is 21.3 Å². The summed E-state index contributed by atoms with van der Waals surface area (Å²) < 4.78 is 19.2. The molecule has 7 nitrogen and oxygen atoms in total. The van der Waals surface area contributed by atoms with Crippen LogP contribution in [0.25, 0.3) is 10.2 Å². The molecule has 0 aliphatic heterocycles. The quantitative estimate of drug-likeness (QED) is 0.339. The number of carbonyl (C=O) groups excluding carboxylic acids is 2. The van der Waals surface area contributed by atoms with Crippen molar-refractivity contribution in [2.45, 2.75) is 19.4 Å². The van der Waals surface area contributed by atoms with E-state index in [0.29, 0.717) is 35.7 Å². The average Bonchev–Trinajstić information content (AvgIpc) is 3.45. The molecule has 0 aliphatic carbocycles. The number of thiophene rings is 1. The Hall–Kier alpha value is -3.78. The molecule has 0 saturated heterocycles. The van der Waals surface area contributed by atoms with Gasteiger partial charge in [-0.1, -0.05) is 35.9 Å². The van der Waals surface area contributed by atoms with Gasteiger partial charge in [-0.15, -0.1) is 11.3 Å². The number of nitrogens with one attached hydrogen (secondary N) is 1. The minimum absolute atomic E-state index is 0.369. The zero-order valence-electron chi connectivity index (χ0n) is 20.2. The third-order valence-corrected chi connectivity index (χ3v) is 6.73. The molecule has 0 unspecified atom stereocenters. The summed E-state index contributed by atoms with van der Waals surface area (Å²) in [5.41, 5.74) is 4.00. The zero-order valence-corrected chi connectivity index (χ0v) is 21.0. The van der Waals surface area contributed by atoms with Gasteiger partial charge in [0.05, 0.1) is 24.4 Å².